The van der Waals surface area contributed by atoms with Crippen molar-refractivity contribution in [1.82, 2.24) is 10.6 Å². The molecule has 0 heterocycles. The number of nitriles is 1. The molecule has 2 aromatic rings. The second-order valence-electron chi connectivity index (χ2n) is 6.60. The van der Waals surface area contributed by atoms with Gasteiger partial charge in [-0.2, -0.15) is 5.26 Å². The fourth-order valence-electron chi connectivity index (χ4n) is 3.23. The molecule has 126 valence electrons. The van der Waals surface area contributed by atoms with Crippen LogP contribution in [0.4, 0.5) is 0 Å². The number of benzene rings is 2. The number of hydrogen-bond donors (Lipinski definition) is 2. The summed E-state index contributed by atoms with van der Waals surface area (Å²) in [6, 6.07) is 16.5. The summed E-state index contributed by atoms with van der Waals surface area (Å²) < 4.78 is 0. The van der Waals surface area contributed by atoms with Crippen LogP contribution in [-0.2, 0) is 17.6 Å². The molecule has 3 rings (SSSR count). The molecule has 0 fully saturated rings. The highest BCUT2D eigenvalue weighted by Gasteiger charge is 2.33. The number of rotatable bonds is 4. The van der Waals surface area contributed by atoms with Crippen LogP contribution in [0, 0.1) is 11.3 Å². The van der Waals surface area contributed by atoms with E-state index in [1.807, 2.05) is 25.1 Å². The van der Waals surface area contributed by atoms with E-state index in [1.54, 1.807) is 24.3 Å². The van der Waals surface area contributed by atoms with Gasteiger partial charge in [-0.3, -0.25) is 9.59 Å². The van der Waals surface area contributed by atoms with Crippen molar-refractivity contribution >= 4 is 11.8 Å². The number of fused-ring (bicyclic) bond motifs is 1. The standard InChI is InChI=1S/C20H19N3O2/c1-20(10-16-4-2-3-5-17(16)11-20)23-18(24)13-22-19(25)15-8-6-14(12-21)7-9-15/h2-9H,10-11,13H2,1H3,(H,22,25)(H,23,24). The molecule has 5 nitrogen and oxygen atoms in total. The van der Waals surface area contributed by atoms with Crippen molar-refractivity contribution in [2.75, 3.05) is 6.54 Å². The van der Waals surface area contributed by atoms with Crippen molar-refractivity contribution in [2.24, 2.45) is 0 Å². The van der Waals surface area contributed by atoms with Gasteiger partial charge in [0.1, 0.15) is 0 Å². The Morgan fingerprint density at radius 2 is 1.68 bits per heavy atom. The van der Waals surface area contributed by atoms with Crippen LogP contribution in [0.5, 0.6) is 0 Å². The molecule has 0 aromatic heterocycles. The summed E-state index contributed by atoms with van der Waals surface area (Å²) in [6.45, 7) is 1.94. The summed E-state index contributed by atoms with van der Waals surface area (Å²) in [5.41, 5.74) is 3.10. The lowest BCUT2D eigenvalue weighted by molar-refractivity contribution is -0.121. The zero-order valence-electron chi connectivity index (χ0n) is 14.0. The third kappa shape index (κ3) is 3.86. The van der Waals surface area contributed by atoms with Gasteiger partial charge in [0.2, 0.25) is 5.91 Å². The maximum atomic E-state index is 12.2. The first-order chi connectivity index (χ1) is 12.0. The highest BCUT2D eigenvalue weighted by atomic mass is 16.2. The minimum Gasteiger partial charge on any atom is -0.349 e. The molecule has 25 heavy (non-hydrogen) atoms. The van der Waals surface area contributed by atoms with Crippen LogP contribution in [0.25, 0.3) is 0 Å². The maximum Gasteiger partial charge on any atom is 0.251 e. The van der Waals surface area contributed by atoms with Crippen LogP contribution in [0.3, 0.4) is 0 Å². The molecule has 0 unspecified atom stereocenters. The number of amides is 2. The van der Waals surface area contributed by atoms with Crippen molar-refractivity contribution in [2.45, 2.75) is 25.3 Å². The largest absolute Gasteiger partial charge is 0.349 e. The monoisotopic (exact) mass is 333 g/mol. The molecule has 0 atom stereocenters. The SMILES string of the molecule is CC1(NC(=O)CNC(=O)c2ccc(C#N)cc2)Cc2ccccc2C1. The van der Waals surface area contributed by atoms with Crippen LogP contribution in [0.2, 0.25) is 0 Å². The number of hydrogen-bond acceptors (Lipinski definition) is 3. The second kappa shape index (κ2) is 6.78. The zero-order chi connectivity index (χ0) is 17.9. The predicted molar refractivity (Wildman–Crippen MR) is 93.9 cm³/mol. The number of nitrogens with zero attached hydrogens (tertiary/aromatic N) is 1. The second-order valence-corrected chi connectivity index (χ2v) is 6.60. The van der Waals surface area contributed by atoms with Gasteiger partial charge in [0.05, 0.1) is 18.2 Å². The number of carbonyl (C=O) groups is 2. The highest BCUT2D eigenvalue weighted by Crippen LogP contribution is 2.29. The summed E-state index contributed by atoms with van der Waals surface area (Å²) in [4.78, 5) is 24.3. The molecule has 1 aliphatic carbocycles. The lowest BCUT2D eigenvalue weighted by atomic mass is 9.98. The zero-order valence-corrected chi connectivity index (χ0v) is 14.0. The Labute approximate surface area is 146 Å². The predicted octanol–water partition coefficient (Wildman–Crippen LogP) is 1.96. The van der Waals surface area contributed by atoms with Crippen molar-refractivity contribution in [3.05, 3.63) is 70.8 Å². The summed E-state index contributed by atoms with van der Waals surface area (Å²) in [5.74, 6) is -0.545. The number of nitrogens with one attached hydrogen (secondary N) is 2. The van der Waals surface area contributed by atoms with Crippen LogP contribution in [0.1, 0.15) is 34.0 Å². The van der Waals surface area contributed by atoms with Crippen LogP contribution >= 0.6 is 0 Å². The lowest BCUT2D eigenvalue weighted by Crippen LogP contribution is -2.50. The molecule has 0 spiro atoms. The Bertz CT molecular complexity index is 825. The van der Waals surface area contributed by atoms with Gasteiger partial charge in [-0.25, -0.2) is 0 Å². The van der Waals surface area contributed by atoms with E-state index in [0.717, 1.165) is 12.8 Å². The molecule has 2 aromatic carbocycles. The Hall–Kier alpha value is -3.13. The van der Waals surface area contributed by atoms with E-state index in [1.165, 1.54) is 11.1 Å². The first kappa shape index (κ1) is 16.7. The fraction of sp³-hybridized carbons (Fsp3) is 0.250. The van der Waals surface area contributed by atoms with Gasteiger partial charge in [0, 0.05) is 11.1 Å². The highest BCUT2D eigenvalue weighted by molar-refractivity contribution is 5.96. The molecule has 5 heteroatoms. The Morgan fingerprint density at radius 3 is 2.24 bits per heavy atom. The molecule has 1 aliphatic rings. The average Bonchev–Trinajstić information content (AvgIpc) is 2.95. The van der Waals surface area contributed by atoms with E-state index in [9.17, 15) is 9.59 Å². The molecule has 0 aliphatic heterocycles. The summed E-state index contributed by atoms with van der Waals surface area (Å²) in [5, 5.41) is 14.4. The molecule has 2 N–H and O–H groups in total. The van der Waals surface area contributed by atoms with E-state index >= 15 is 0 Å². The van der Waals surface area contributed by atoms with Crippen molar-refractivity contribution in [3.63, 3.8) is 0 Å². The van der Waals surface area contributed by atoms with Gasteiger partial charge in [-0.05, 0) is 55.2 Å². The number of carbonyl (C=O) groups excluding carboxylic acids is 2. The Morgan fingerprint density at radius 1 is 1.08 bits per heavy atom. The summed E-state index contributed by atoms with van der Waals surface area (Å²) in [6.07, 6.45) is 1.58. The van der Waals surface area contributed by atoms with Gasteiger partial charge >= 0.3 is 0 Å². The van der Waals surface area contributed by atoms with Gasteiger partial charge in [-0.1, -0.05) is 24.3 Å². The fourth-order valence-corrected chi connectivity index (χ4v) is 3.23. The minimum absolute atomic E-state index is 0.0786. The third-order valence-electron chi connectivity index (χ3n) is 4.41. The first-order valence-corrected chi connectivity index (χ1v) is 8.15. The average molecular weight is 333 g/mol. The quantitative estimate of drug-likeness (QED) is 0.897. The minimum atomic E-state index is -0.334. The van der Waals surface area contributed by atoms with E-state index in [-0.39, 0.29) is 23.9 Å². The molecule has 0 saturated heterocycles. The maximum absolute atomic E-state index is 12.2. The molecule has 0 bridgehead atoms. The molecular weight excluding hydrogens is 314 g/mol. The molecule has 2 amide bonds. The summed E-state index contributed by atoms with van der Waals surface area (Å²) >= 11 is 0. The van der Waals surface area contributed by atoms with E-state index < -0.39 is 0 Å². The topological polar surface area (TPSA) is 82.0 Å². The van der Waals surface area contributed by atoms with E-state index in [0.29, 0.717) is 11.1 Å². The van der Waals surface area contributed by atoms with Gasteiger partial charge < -0.3 is 10.6 Å². The van der Waals surface area contributed by atoms with Crippen molar-refractivity contribution in [3.8, 4) is 6.07 Å². The van der Waals surface area contributed by atoms with Crippen LogP contribution < -0.4 is 10.6 Å². The summed E-state index contributed by atoms with van der Waals surface area (Å²) in [7, 11) is 0. The van der Waals surface area contributed by atoms with Crippen LogP contribution in [0.15, 0.2) is 48.5 Å². The third-order valence-corrected chi connectivity index (χ3v) is 4.41. The molecule has 0 saturated carbocycles. The van der Waals surface area contributed by atoms with Gasteiger partial charge in [-0.15, -0.1) is 0 Å². The van der Waals surface area contributed by atoms with Crippen molar-refractivity contribution < 1.29 is 9.59 Å². The van der Waals surface area contributed by atoms with E-state index in [2.05, 4.69) is 22.8 Å². The molecule has 0 radical (unpaired) electrons. The van der Waals surface area contributed by atoms with Crippen molar-refractivity contribution in [1.29, 1.82) is 5.26 Å². The van der Waals surface area contributed by atoms with E-state index in [4.69, 9.17) is 5.26 Å². The van der Waals surface area contributed by atoms with Gasteiger partial charge in [0.15, 0.2) is 0 Å². The first-order valence-electron chi connectivity index (χ1n) is 8.15. The lowest BCUT2D eigenvalue weighted by Gasteiger charge is -2.25. The molecular formula is C20H19N3O2. The van der Waals surface area contributed by atoms with Gasteiger partial charge in [0.25, 0.3) is 5.91 Å². The smallest absolute Gasteiger partial charge is 0.251 e. The Balaban J connectivity index is 1.53. The van der Waals surface area contributed by atoms with Crippen LogP contribution in [-0.4, -0.2) is 23.9 Å². The Kier molecular flexibility index (Phi) is 4.53. The normalized spacial score (nSPS) is 14.2.